The lowest BCUT2D eigenvalue weighted by Gasteiger charge is -2.51. The van der Waals surface area contributed by atoms with Gasteiger partial charge < -0.3 is 14.5 Å². The first-order chi connectivity index (χ1) is 15.0. The van der Waals surface area contributed by atoms with Gasteiger partial charge in [0.25, 0.3) is 0 Å². The van der Waals surface area contributed by atoms with Crippen molar-refractivity contribution in [3.8, 4) is 0 Å². The monoisotopic (exact) mass is 427 g/mol. The molecule has 0 radical (unpaired) electrons. The van der Waals surface area contributed by atoms with Crippen molar-refractivity contribution in [1.82, 2.24) is 14.7 Å². The van der Waals surface area contributed by atoms with Gasteiger partial charge in [-0.15, -0.1) is 0 Å². The molecule has 5 nitrogen and oxygen atoms in total. The van der Waals surface area contributed by atoms with Crippen LogP contribution >= 0.6 is 0 Å². The fourth-order valence-corrected chi connectivity index (χ4v) is 5.96. The number of nitrogens with zero attached hydrogens (tertiary/aromatic N) is 3. The van der Waals surface area contributed by atoms with Crippen molar-refractivity contribution in [2.75, 3.05) is 45.9 Å². The lowest BCUT2D eigenvalue weighted by Crippen LogP contribution is -2.55. The minimum absolute atomic E-state index is 0.140. The van der Waals surface area contributed by atoms with Gasteiger partial charge in [-0.2, -0.15) is 0 Å². The Balaban J connectivity index is 1.38. The zero-order valence-electron chi connectivity index (χ0n) is 19.8. The average Bonchev–Trinajstić information content (AvgIpc) is 2.79. The highest BCUT2D eigenvalue weighted by Crippen LogP contribution is 2.42. The third kappa shape index (κ3) is 5.09. The van der Waals surface area contributed by atoms with E-state index in [1.54, 1.807) is 11.1 Å². The number of carbonyl (C=O) groups is 1. The fraction of sp³-hybridized carbons (Fsp3) is 0.731. The van der Waals surface area contributed by atoms with E-state index in [9.17, 15) is 4.79 Å². The quantitative estimate of drug-likeness (QED) is 0.693. The van der Waals surface area contributed by atoms with Crippen LogP contribution in [0.4, 0.5) is 4.79 Å². The summed E-state index contributed by atoms with van der Waals surface area (Å²) >= 11 is 0. The number of hydrogen-bond acceptors (Lipinski definition) is 4. The molecule has 0 unspecified atom stereocenters. The lowest BCUT2D eigenvalue weighted by atomic mass is 9.68. The molecule has 0 aromatic heterocycles. The molecule has 3 aliphatic heterocycles. The normalized spacial score (nSPS) is 22.6. The van der Waals surface area contributed by atoms with Crippen LogP contribution in [0, 0.1) is 5.92 Å². The third-order valence-corrected chi connectivity index (χ3v) is 7.79. The van der Waals surface area contributed by atoms with E-state index in [4.69, 9.17) is 4.74 Å². The zero-order valence-corrected chi connectivity index (χ0v) is 19.8. The van der Waals surface area contributed by atoms with Gasteiger partial charge >= 0.3 is 6.09 Å². The predicted octanol–water partition coefficient (Wildman–Crippen LogP) is 4.50. The molecule has 31 heavy (non-hydrogen) atoms. The molecule has 172 valence electrons. The number of fused-ring (bicyclic) bond motifs is 2. The summed E-state index contributed by atoms with van der Waals surface area (Å²) in [5.41, 5.74) is 3.48. The van der Waals surface area contributed by atoms with Crippen molar-refractivity contribution in [3.05, 3.63) is 35.4 Å². The first kappa shape index (κ1) is 22.6. The van der Waals surface area contributed by atoms with Crippen LogP contribution < -0.4 is 0 Å². The van der Waals surface area contributed by atoms with Crippen LogP contribution in [0.5, 0.6) is 0 Å². The second-order valence-electron chi connectivity index (χ2n) is 10.3. The van der Waals surface area contributed by atoms with Crippen LogP contribution in [0.1, 0.15) is 64.0 Å². The summed E-state index contributed by atoms with van der Waals surface area (Å²) in [6.45, 7) is 14.6. The van der Waals surface area contributed by atoms with E-state index in [0.717, 1.165) is 38.4 Å². The van der Waals surface area contributed by atoms with Crippen LogP contribution in [0.15, 0.2) is 24.3 Å². The topological polar surface area (TPSA) is 36.0 Å². The van der Waals surface area contributed by atoms with Gasteiger partial charge in [-0.25, -0.2) is 4.79 Å². The minimum Gasteiger partial charge on any atom is -0.450 e. The standard InChI is InChI=1S/C26H41N3O2/c1-4-31-25(30)29-15-10-23(11-16-29)28-17-12-26(13-18-28)20-27(14-9-21(2)3)19-22-7-5-6-8-24(22)26/h5-8,21,23H,4,9-20H2,1-3H3. The highest BCUT2D eigenvalue weighted by Gasteiger charge is 2.43. The van der Waals surface area contributed by atoms with E-state index in [1.807, 2.05) is 11.8 Å². The van der Waals surface area contributed by atoms with E-state index in [2.05, 4.69) is 47.9 Å². The van der Waals surface area contributed by atoms with Crippen molar-refractivity contribution in [3.63, 3.8) is 0 Å². The number of amides is 1. The van der Waals surface area contributed by atoms with Crippen LogP contribution in [0.2, 0.25) is 0 Å². The Morgan fingerprint density at radius 3 is 2.52 bits per heavy atom. The Morgan fingerprint density at radius 2 is 1.84 bits per heavy atom. The molecule has 1 aromatic rings. The number of hydrogen-bond donors (Lipinski definition) is 0. The molecule has 2 fully saturated rings. The molecule has 0 atom stereocenters. The Kier molecular flexibility index (Phi) is 7.22. The number of piperidine rings is 2. The van der Waals surface area contributed by atoms with Crippen LogP contribution in [0.3, 0.4) is 0 Å². The van der Waals surface area contributed by atoms with Gasteiger partial charge in [0.2, 0.25) is 0 Å². The summed E-state index contributed by atoms with van der Waals surface area (Å²) in [5, 5.41) is 0. The summed E-state index contributed by atoms with van der Waals surface area (Å²) in [7, 11) is 0. The molecule has 1 amide bonds. The molecule has 1 aromatic carbocycles. The molecular formula is C26H41N3O2. The molecule has 0 bridgehead atoms. The summed E-state index contributed by atoms with van der Waals surface area (Å²) in [4.78, 5) is 19.3. The van der Waals surface area contributed by atoms with Crippen molar-refractivity contribution in [1.29, 1.82) is 0 Å². The lowest BCUT2D eigenvalue weighted by molar-refractivity contribution is 0.0427. The molecule has 0 saturated carbocycles. The van der Waals surface area contributed by atoms with E-state index in [0.29, 0.717) is 18.1 Å². The molecule has 0 aliphatic carbocycles. The molecule has 5 heteroatoms. The van der Waals surface area contributed by atoms with E-state index >= 15 is 0 Å². The average molecular weight is 428 g/mol. The molecule has 4 rings (SSSR count). The maximum absolute atomic E-state index is 12.0. The first-order valence-electron chi connectivity index (χ1n) is 12.5. The Labute approximate surface area is 188 Å². The highest BCUT2D eigenvalue weighted by atomic mass is 16.6. The van der Waals surface area contributed by atoms with Gasteiger partial charge in [0.15, 0.2) is 0 Å². The number of carbonyl (C=O) groups excluding carboxylic acids is 1. The number of ether oxygens (including phenoxy) is 1. The maximum Gasteiger partial charge on any atom is 0.409 e. The SMILES string of the molecule is CCOC(=O)N1CCC(N2CCC3(CC2)CN(CCC(C)C)Cc2ccccc23)CC1. The van der Waals surface area contributed by atoms with Gasteiger partial charge in [-0.3, -0.25) is 4.90 Å². The summed E-state index contributed by atoms with van der Waals surface area (Å²) in [6, 6.07) is 9.82. The summed E-state index contributed by atoms with van der Waals surface area (Å²) in [6.07, 6.45) is 5.79. The number of likely N-dealkylation sites (tertiary alicyclic amines) is 2. The largest absolute Gasteiger partial charge is 0.450 e. The third-order valence-electron chi connectivity index (χ3n) is 7.79. The fourth-order valence-electron chi connectivity index (χ4n) is 5.96. The van der Waals surface area contributed by atoms with Gasteiger partial charge in [0.05, 0.1) is 6.61 Å². The molecular weight excluding hydrogens is 386 g/mol. The second kappa shape index (κ2) is 9.91. The van der Waals surface area contributed by atoms with Crippen LogP contribution in [-0.4, -0.2) is 72.7 Å². The molecule has 1 spiro atoms. The predicted molar refractivity (Wildman–Crippen MR) is 125 cm³/mol. The van der Waals surface area contributed by atoms with E-state index in [-0.39, 0.29) is 6.09 Å². The minimum atomic E-state index is -0.140. The highest BCUT2D eigenvalue weighted by molar-refractivity contribution is 5.67. The maximum atomic E-state index is 12.0. The Morgan fingerprint density at radius 1 is 1.13 bits per heavy atom. The zero-order chi connectivity index (χ0) is 21.8. The number of rotatable bonds is 5. The van der Waals surface area contributed by atoms with Crippen LogP contribution in [-0.2, 0) is 16.7 Å². The Bertz CT molecular complexity index is 734. The summed E-state index contributed by atoms with van der Waals surface area (Å²) < 4.78 is 5.18. The van der Waals surface area contributed by atoms with Gasteiger partial charge in [0, 0.05) is 37.6 Å². The molecule has 3 aliphatic rings. The van der Waals surface area contributed by atoms with Crippen molar-refractivity contribution >= 4 is 6.09 Å². The smallest absolute Gasteiger partial charge is 0.409 e. The Hall–Kier alpha value is -1.59. The van der Waals surface area contributed by atoms with E-state index in [1.165, 1.54) is 45.4 Å². The van der Waals surface area contributed by atoms with Crippen molar-refractivity contribution in [2.45, 2.75) is 70.9 Å². The van der Waals surface area contributed by atoms with Gasteiger partial charge in [-0.05, 0) is 75.7 Å². The first-order valence-corrected chi connectivity index (χ1v) is 12.5. The second-order valence-corrected chi connectivity index (χ2v) is 10.3. The van der Waals surface area contributed by atoms with Crippen molar-refractivity contribution in [2.24, 2.45) is 5.92 Å². The van der Waals surface area contributed by atoms with Crippen molar-refractivity contribution < 1.29 is 9.53 Å². The summed E-state index contributed by atoms with van der Waals surface area (Å²) in [5.74, 6) is 0.760. The molecule has 0 N–H and O–H groups in total. The molecule has 3 heterocycles. The molecule has 2 saturated heterocycles. The van der Waals surface area contributed by atoms with E-state index < -0.39 is 0 Å². The number of benzene rings is 1. The van der Waals surface area contributed by atoms with Gasteiger partial charge in [0.1, 0.15) is 0 Å². The van der Waals surface area contributed by atoms with Crippen LogP contribution in [0.25, 0.3) is 0 Å². The van der Waals surface area contributed by atoms with Gasteiger partial charge in [-0.1, -0.05) is 38.1 Å².